The first-order chi connectivity index (χ1) is 10.9. The third-order valence-corrected chi connectivity index (χ3v) is 9.90. The summed E-state index contributed by atoms with van der Waals surface area (Å²) < 4.78 is 180. The molecule has 0 aliphatic carbocycles. The predicted octanol–water partition coefficient (Wildman–Crippen LogP) is 1.26. The lowest BCUT2D eigenvalue weighted by molar-refractivity contribution is -0.0567. The number of alkyl halides is 9. The fourth-order valence-corrected chi connectivity index (χ4v) is 8.18. The SMILES string of the molecule is O=S(=O)(O[Si](Cl)(OS(=O)(=O)C(F)(F)F)OS(=O)(=O)C(F)(F)F)C(F)(F)F. The second-order valence-electron chi connectivity index (χ2n) is 3.43. The van der Waals surface area contributed by atoms with Gasteiger partial charge in [0.05, 0.1) is 0 Å². The summed E-state index contributed by atoms with van der Waals surface area (Å²) in [6.07, 6.45) is 0. The van der Waals surface area contributed by atoms with Crippen LogP contribution in [0.1, 0.15) is 0 Å². The number of hydrogen-bond donors (Lipinski definition) is 0. The van der Waals surface area contributed by atoms with E-state index in [0.717, 1.165) is 0 Å². The molecule has 158 valence electrons. The lowest BCUT2D eigenvalue weighted by atomic mass is 11.6. The Morgan fingerprint density at radius 2 is 0.692 bits per heavy atom. The monoisotopic (exact) mass is 510 g/mol. The molecule has 0 aromatic heterocycles. The Hall–Kier alpha value is -0.393. The van der Waals surface area contributed by atoms with Crippen LogP contribution in [0.25, 0.3) is 0 Å². The summed E-state index contributed by atoms with van der Waals surface area (Å²) in [6.45, 7) is 0. The Morgan fingerprint density at radius 1 is 0.538 bits per heavy atom. The van der Waals surface area contributed by atoms with Crippen molar-refractivity contribution in [2.45, 2.75) is 16.5 Å². The van der Waals surface area contributed by atoms with Gasteiger partial charge in [0.1, 0.15) is 0 Å². The summed E-state index contributed by atoms with van der Waals surface area (Å²) in [5.74, 6) is 0. The van der Waals surface area contributed by atoms with Gasteiger partial charge in [-0.2, -0.15) is 64.8 Å². The predicted molar refractivity (Wildman–Crippen MR) is 59.8 cm³/mol. The molecule has 0 radical (unpaired) electrons. The molecule has 0 saturated carbocycles. The average Bonchev–Trinajstić information content (AvgIpc) is 2.19. The van der Waals surface area contributed by atoms with Crippen molar-refractivity contribution in [3.8, 4) is 0 Å². The fraction of sp³-hybridized carbons (Fsp3) is 1.00. The van der Waals surface area contributed by atoms with Gasteiger partial charge in [-0.15, -0.1) is 0 Å². The molecule has 0 rings (SSSR count). The van der Waals surface area contributed by atoms with E-state index >= 15 is 0 Å². The number of hydrogen-bond acceptors (Lipinski definition) is 9. The summed E-state index contributed by atoms with van der Waals surface area (Å²) in [4.78, 5) is 0. The Kier molecular flexibility index (Phi) is 6.79. The van der Waals surface area contributed by atoms with Crippen LogP contribution in [-0.4, -0.2) is 49.9 Å². The maximum Gasteiger partial charge on any atom is 0.658 e. The Balaban J connectivity index is 6.32. The Bertz CT molecular complexity index is 723. The van der Waals surface area contributed by atoms with Gasteiger partial charge in [-0.1, -0.05) is 11.1 Å². The van der Waals surface area contributed by atoms with E-state index in [1.165, 1.54) is 0 Å². The average molecular weight is 511 g/mol. The van der Waals surface area contributed by atoms with E-state index in [1.807, 2.05) is 0 Å². The van der Waals surface area contributed by atoms with Gasteiger partial charge >= 0.3 is 55.0 Å². The van der Waals surface area contributed by atoms with Crippen LogP contribution in [0.5, 0.6) is 0 Å². The summed E-state index contributed by atoms with van der Waals surface area (Å²) in [5, 5.41) is 0. The molecular formula is C3ClF9O9S3Si. The smallest absolute Gasteiger partial charge is 0.238 e. The highest BCUT2D eigenvalue weighted by atomic mass is 35.6. The lowest BCUT2D eigenvalue weighted by Crippen LogP contribution is -2.51. The molecular weight excluding hydrogens is 511 g/mol. The standard InChI is InChI=1S/C3ClF9O9S3Si/c4-26(20-23(14,15)1(5,6)7,21-24(16,17)2(8,9)10)22-25(18,19)3(11,12)13. The van der Waals surface area contributed by atoms with E-state index in [4.69, 9.17) is 0 Å². The van der Waals surface area contributed by atoms with Crippen molar-refractivity contribution in [1.82, 2.24) is 0 Å². The lowest BCUT2D eigenvalue weighted by Gasteiger charge is -2.23. The van der Waals surface area contributed by atoms with Crippen LogP contribution in [0, 0.1) is 0 Å². The first kappa shape index (κ1) is 25.6. The molecule has 23 heteroatoms. The van der Waals surface area contributed by atoms with Crippen LogP contribution in [0.3, 0.4) is 0 Å². The van der Waals surface area contributed by atoms with E-state index in [2.05, 4.69) is 22.7 Å². The van der Waals surface area contributed by atoms with Crippen LogP contribution < -0.4 is 0 Å². The Morgan fingerprint density at radius 3 is 0.808 bits per heavy atom. The van der Waals surface area contributed by atoms with Crippen LogP contribution in [-0.2, 0) is 42.0 Å². The molecule has 0 aliphatic heterocycles. The molecule has 0 aromatic carbocycles. The maximum absolute atomic E-state index is 12.1. The van der Waals surface area contributed by atoms with Crippen molar-refractivity contribution in [3.05, 3.63) is 0 Å². The van der Waals surface area contributed by atoms with Crippen LogP contribution in [0.15, 0.2) is 0 Å². The zero-order valence-electron chi connectivity index (χ0n) is 10.7. The topological polar surface area (TPSA) is 130 Å². The van der Waals surface area contributed by atoms with Gasteiger partial charge < -0.3 is 0 Å². The van der Waals surface area contributed by atoms with Crippen LogP contribution in [0.2, 0.25) is 0 Å². The molecule has 0 aromatic rings. The van der Waals surface area contributed by atoms with E-state index in [-0.39, 0.29) is 0 Å². The molecule has 26 heavy (non-hydrogen) atoms. The third kappa shape index (κ3) is 6.06. The zero-order valence-corrected chi connectivity index (χ0v) is 14.9. The minimum absolute atomic E-state index is 2.60. The fourth-order valence-electron chi connectivity index (χ4n) is 0.577. The van der Waals surface area contributed by atoms with Gasteiger partial charge in [0, 0.05) is 0 Å². The normalized spacial score (nSPS) is 15.9. The van der Waals surface area contributed by atoms with Gasteiger partial charge in [-0.05, 0) is 0 Å². The van der Waals surface area contributed by atoms with Crippen molar-refractivity contribution in [3.63, 3.8) is 0 Å². The third-order valence-electron chi connectivity index (χ3n) is 1.48. The van der Waals surface area contributed by atoms with Crippen molar-refractivity contribution in [2.24, 2.45) is 0 Å². The minimum atomic E-state index is -7.44. The highest BCUT2D eigenvalue weighted by molar-refractivity contribution is 7.92. The van der Waals surface area contributed by atoms with Gasteiger partial charge in [0.15, 0.2) is 0 Å². The van der Waals surface area contributed by atoms with Gasteiger partial charge in [0.2, 0.25) is 0 Å². The molecule has 0 heterocycles. The zero-order chi connectivity index (χ0) is 21.6. The summed E-state index contributed by atoms with van der Waals surface area (Å²) in [7, 11) is -29.3. The number of halogens is 10. The summed E-state index contributed by atoms with van der Waals surface area (Å²) >= 11 is 4.45. The number of rotatable bonds is 6. The molecule has 0 fully saturated rings. The molecule has 9 nitrogen and oxygen atoms in total. The summed E-state index contributed by atoms with van der Waals surface area (Å²) in [6, 6.07) is 0. The van der Waals surface area contributed by atoms with Gasteiger partial charge in [0.25, 0.3) is 0 Å². The van der Waals surface area contributed by atoms with Gasteiger partial charge in [-0.25, -0.2) is 11.6 Å². The van der Waals surface area contributed by atoms with Gasteiger partial charge in [-0.3, -0.25) is 0 Å². The van der Waals surface area contributed by atoms with E-state index in [1.54, 1.807) is 0 Å². The molecule has 0 atom stereocenters. The molecule has 0 spiro atoms. The molecule has 0 aliphatic rings. The second kappa shape index (κ2) is 6.89. The molecule has 0 bridgehead atoms. The molecule has 0 amide bonds. The van der Waals surface area contributed by atoms with Crippen molar-refractivity contribution in [2.75, 3.05) is 0 Å². The Labute approximate surface area is 143 Å². The first-order valence-electron chi connectivity index (χ1n) is 4.61. The largest absolute Gasteiger partial charge is 0.658 e. The maximum atomic E-state index is 12.1. The van der Waals surface area contributed by atoms with Crippen LogP contribution >= 0.6 is 11.1 Å². The summed E-state index contributed by atoms with van der Waals surface area (Å²) in [5.41, 5.74) is -19.8. The van der Waals surface area contributed by atoms with Crippen LogP contribution in [0.4, 0.5) is 39.5 Å². The first-order valence-corrected chi connectivity index (χ1v) is 11.6. The van der Waals surface area contributed by atoms with E-state index in [9.17, 15) is 64.8 Å². The molecule has 0 N–H and O–H groups in total. The molecule has 0 unspecified atom stereocenters. The van der Waals surface area contributed by atoms with E-state index < -0.39 is 55.0 Å². The van der Waals surface area contributed by atoms with Crippen molar-refractivity contribution >= 4 is 49.5 Å². The van der Waals surface area contributed by atoms with E-state index in [0.29, 0.717) is 0 Å². The van der Waals surface area contributed by atoms with Crippen molar-refractivity contribution in [1.29, 1.82) is 0 Å². The molecule has 0 saturated heterocycles. The minimum Gasteiger partial charge on any atom is -0.238 e. The quantitative estimate of drug-likeness (QED) is 0.224. The van der Waals surface area contributed by atoms with Crippen molar-refractivity contribution < 1.29 is 76.4 Å². The highest BCUT2D eigenvalue weighted by Crippen LogP contribution is 2.37. The highest BCUT2D eigenvalue weighted by Gasteiger charge is 2.66. The second-order valence-corrected chi connectivity index (χ2v) is 11.9.